The molecular weight excluding hydrogens is 350 g/mol. The van der Waals surface area contributed by atoms with E-state index >= 15 is 0 Å². The predicted molar refractivity (Wildman–Crippen MR) is 91.4 cm³/mol. The topological polar surface area (TPSA) is 72.4 Å². The number of hydrogen-bond donors (Lipinski definition) is 0. The zero-order valence-corrected chi connectivity index (χ0v) is 14.8. The second-order valence-corrected chi connectivity index (χ2v) is 8.28. The van der Waals surface area contributed by atoms with E-state index in [9.17, 15) is 8.42 Å². The van der Waals surface area contributed by atoms with Gasteiger partial charge >= 0.3 is 0 Å². The number of halogens is 1. The number of rotatable bonds is 6. The average molecular weight is 368 g/mol. The van der Waals surface area contributed by atoms with Gasteiger partial charge in [0.25, 0.3) is 0 Å². The fourth-order valence-electron chi connectivity index (χ4n) is 2.56. The summed E-state index contributed by atoms with van der Waals surface area (Å²) >= 11 is 5.74. The summed E-state index contributed by atoms with van der Waals surface area (Å²) in [5.41, 5.74) is 1.86. The van der Waals surface area contributed by atoms with Gasteiger partial charge < -0.3 is 4.74 Å². The zero-order valence-electron chi connectivity index (χ0n) is 13.2. The van der Waals surface area contributed by atoms with E-state index in [4.69, 9.17) is 16.3 Å². The number of ether oxygens (including phenoxy) is 1. The zero-order chi connectivity index (χ0) is 17.2. The number of nitrogens with zero attached hydrogens (tertiary/aromatic N) is 3. The van der Waals surface area contributed by atoms with Crippen molar-refractivity contribution >= 4 is 21.6 Å². The fraction of sp³-hybridized carbons (Fsp3) is 0.375. The van der Waals surface area contributed by atoms with Crippen molar-refractivity contribution < 1.29 is 13.2 Å². The van der Waals surface area contributed by atoms with Crippen LogP contribution in [-0.4, -0.2) is 42.4 Å². The quantitative estimate of drug-likeness (QED) is 0.783. The number of sulfonamides is 1. The van der Waals surface area contributed by atoms with Crippen LogP contribution in [0.15, 0.2) is 36.7 Å². The van der Waals surface area contributed by atoms with Crippen LogP contribution >= 0.6 is 11.6 Å². The van der Waals surface area contributed by atoms with Crippen molar-refractivity contribution in [3.63, 3.8) is 0 Å². The molecule has 2 aromatic rings. The highest BCUT2D eigenvalue weighted by Gasteiger charge is 2.36. The van der Waals surface area contributed by atoms with Gasteiger partial charge in [-0.1, -0.05) is 41.4 Å². The second kappa shape index (κ2) is 7.04. The summed E-state index contributed by atoms with van der Waals surface area (Å²) in [7, 11) is -3.29. The summed E-state index contributed by atoms with van der Waals surface area (Å²) in [4.78, 5) is 7.87. The molecule has 2 heterocycles. The molecule has 0 spiro atoms. The first-order chi connectivity index (χ1) is 11.4. The Hall–Kier alpha value is -1.70. The Morgan fingerprint density at radius 2 is 2.12 bits per heavy atom. The maximum Gasteiger partial charge on any atom is 0.233 e. The number of benzene rings is 1. The van der Waals surface area contributed by atoms with Gasteiger partial charge in [0.1, 0.15) is 0 Å². The van der Waals surface area contributed by atoms with Crippen LogP contribution in [-0.2, 0) is 15.8 Å². The molecule has 0 N–H and O–H groups in total. The third-order valence-electron chi connectivity index (χ3n) is 3.80. The van der Waals surface area contributed by atoms with E-state index in [1.54, 1.807) is 0 Å². The molecule has 128 valence electrons. The summed E-state index contributed by atoms with van der Waals surface area (Å²) in [5, 5.41) is 0.267. The number of aryl methyl sites for hydroxylation is 1. The van der Waals surface area contributed by atoms with Crippen LogP contribution in [0.2, 0.25) is 5.15 Å². The van der Waals surface area contributed by atoms with Crippen molar-refractivity contribution in [3.05, 3.63) is 52.9 Å². The van der Waals surface area contributed by atoms with Crippen molar-refractivity contribution in [2.75, 3.05) is 19.7 Å². The third-order valence-corrected chi connectivity index (χ3v) is 5.76. The molecular formula is C16H18ClN3O3S. The number of aromatic nitrogens is 2. The first-order valence-electron chi connectivity index (χ1n) is 7.56. The minimum Gasteiger partial charge on any atom is -0.476 e. The van der Waals surface area contributed by atoms with Crippen LogP contribution in [0, 0.1) is 12.8 Å². The van der Waals surface area contributed by atoms with Gasteiger partial charge in [0, 0.05) is 19.0 Å². The molecule has 0 radical (unpaired) electrons. The van der Waals surface area contributed by atoms with Crippen LogP contribution in [0.25, 0.3) is 0 Å². The molecule has 0 unspecified atom stereocenters. The lowest BCUT2D eigenvalue weighted by molar-refractivity contribution is 0.126. The maximum absolute atomic E-state index is 12.4. The minimum absolute atomic E-state index is 0.0298. The SMILES string of the molecule is Cc1cccc(CS(=O)(=O)N2CC(COc3cncc(Cl)n3)C2)c1. The standard InChI is InChI=1S/C16H18ClN3O3S/c1-12-3-2-4-13(5-12)11-24(21,22)20-8-14(9-20)10-23-16-7-18-6-15(17)19-16/h2-7,14H,8-11H2,1H3. The van der Waals surface area contributed by atoms with E-state index in [1.807, 2.05) is 31.2 Å². The second-order valence-electron chi connectivity index (χ2n) is 5.92. The molecule has 0 aliphatic carbocycles. The highest BCUT2D eigenvalue weighted by atomic mass is 35.5. The normalized spacial score (nSPS) is 15.9. The molecule has 1 saturated heterocycles. The van der Waals surface area contributed by atoms with E-state index in [2.05, 4.69) is 9.97 Å². The molecule has 1 aliphatic rings. The smallest absolute Gasteiger partial charge is 0.233 e. The lowest BCUT2D eigenvalue weighted by atomic mass is 10.1. The molecule has 0 amide bonds. The van der Waals surface area contributed by atoms with Gasteiger partial charge in [0.15, 0.2) is 5.15 Å². The molecule has 24 heavy (non-hydrogen) atoms. The summed E-state index contributed by atoms with van der Waals surface area (Å²) < 4.78 is 31.8. The van der Waals surface area contributed by atoms with Gasteiger partial charge in [0.05, 0.1) is 24.8 Å². The highest BCUT2D eigenvalue weighted by Crippen LogP contribution is 2.23. The summed E-state index contributed by atoms with van der Waals surface area (Å²) in [6.45, 7) is 3.27. The molecule has 3 rings (SSSR count). The Morgan fingerprint density at radius 3 is 2.83 bits per heavy atom. The van der Waals surface area contributed by atoms with E-state index in [-0.39, 0.29) is 16.8 Å². The minimum atomic E-state index is -3.29. The highest BCUT2D eigenvalue weighted by molar-refractivity contribution is 7.88. The van der Waals surface area contributed by atoms with E-state index in [0.717, 1.165) is 11.1 Å². The van der Waals surface area contributed by atoms with Crippen LogP contribution in [0.5, 0.6) is 5.88 Å². The lowest BCUT2D eigenvalue weighted by Gasteiger charge is -2.37. The lowest BCUT2D eigenvalue weighted by Crippen LogP contribution is -2.52. The van der Waals surface area contributed by atoms with E-state index < -0.39 is 10.0 Å². The van der Waals surface area contributed by atoms with Crippen LogP contribution < -0.4 is 4.74 Å². The van der Waals surface area contributed by atoms with Crippen LogP contribution in [0.4, 0.5) is 0 Å². The van der Waals surface area contributed by atoms with Crippen molar-refractivity contribution in [3.8, 4) is 5.88 Å². The molecule has 1 aromatic heterocycles. The summed E-state index contributed by atoms with van der Waals surface area (Å²) in [5.74, 6) is 0.531. The average Bonchev–Trinajstić information content (AvgIpc) is 2.45. The summed E-state index contributed by atoms with van der Waals surface area (Å²) in [6.07, 6.45) is 2.91. The summed E-state index contributed by atoms with van der Waals surface area (Å²) in [6, 6.07) is 7.56. The Bertz CT molecular complexity index is 823. The Kier molecular flexibility index (Phi) is 5.03. The largest absolute Gasteiger partial charge is 0.476 e. The fourth-order valence-corrected chi connectivity index (χ4v) is 4.36. The van der Waals surface area contributed by atoms with E-state index in [0.29, 0.717) is 25.6 Å². The molecule has 0 saturated carbocycles. The van der Waals surface area contributed by atoms with Gasteiger partial charge in [-0.15, -0.1) is 0 Å². The molecule has 8 heteroatoms. The Balaban J connectivity index is 1.50. The molecule has 1 fully saturated rings. The monoisotopic (exact) mass is 367 g/mol. The van der Waals surface area contributed by atoms with Gasteiger partial charge in [-0.25, -0.2) is 12.7 Å². The van der Waals surface area contributed by atoms with Crippen molar-refractivity contribution in [1.82, 2.24) is 14.3 Å². The van der Waals surface area contributed by atoms with Crippen LogP contribution in [0.1, 0.15) is 11.1 Å². The Labute approximate surface area is 146 Å². The molecule has 0 bridgehead atoms. The van der Waals surface area contributed by atoms with Crippen molar-refractivity contribution in [1.29, 1.82) is 0 Å². The molecule has 1 aliphatic heterocycles. The van der Waals surface area contributed by atoms with E-state index in [1.165, 1.54) is 16.7 Å². The first kappa shape index (κ1) is 17.1. The molecule has 6 nitrogen and oxygen atoms in total. The maximum atomic E-state index is 12.4. The van der Waals surface area contributed by atoms with Gasteiger partial charge in [-0.2, -0.15) is 4.98 Å². The van der Waals surface area contributed by atoms with Gasteiger partial charge in [0.2, 0.25) is 15.9 Å². The van der Waals surface area contributed by atoms with Crippen molar-refractivity contribution in [2.24, 2.45) is 5.92 Å². The Morgan fingerprint density at radius 1 is 1.33 bits per heavy atom. The predicted octanol–water partition coefficient (Wildman–Crippen LogP) is 2.28. The molecule has 0 atom stereocenters. The number of hydrogen-bond acceptors (Lipinski definition) is 5. The molecule has 1 aromatic carbocycles. The third kappa shape index (κ3) is 4.23. The first-order valence-corrected chi connectivity index (χ1v) is 9.55. The van der Waals surface area contributed by atoms with Crippen molar-refractivity contribution in [2.45, 2.75) is 12.7 Å². The van der Waals surface area contributed by atoms with Gasteiger partial charge in [-0.3, -0.25) is 4.98 Å². The van der Waals surface area contributed by atoms with Crippen LogP contribution in [0.3, 0.4) is 0 Å². The van der Waals surface area contributed by atoms with Gasteiger partial charge in [-0.05, 0) is 12.5 Å².